The molecule has 1 aliphatic heterocycles. The Morgan fingerprint density at radius 2 is 1.84 bits per heavy atom. The van der Waals surface area contributed by atoms with Crippen LogP contribution in [0.2, 0.25) is 0 Å². The zero-order valence-corrected chi connectivity index (χ0v) is 23.5. The molecule has 9 heteroatoms. The number of carbonyl (C=O) groups excluding carboxylic acids is 3. The molecule has 0 bridgehead atoms. The van der Waals surface area contributed by atoms with Gasteiger partial charge in [-0.15, -0.1) is 0 Å². The van der Waals surface area contributed by atoms with Crippen LogP contribution in [-0.2, 0) is 38.1 Å². The molecule has 1 N–H and O–H groups in total. The van der Waals surface area contributed by atoms with Gasteiger partial charge < -0.3 is 24.1 Å². The Kier molecular flexibility index (Phi) is 9.27. The number of ether oxygens (including phenoxy) is 5. The van der Waals surface area contributed by atoms with Crippen molar-refractivity contribution in [1.82, 2.24) is 0 Å². The van der Waals surface area contributed by atoms with Crippen molar-refractivity contribution in [2.24, 2.45) is 22.7 Å². The van der Waals surface area contributed by atoms with Crippen LogP contribution in [0.3, 0.4) is 0 Å². The Labute approximate surface area is 225 Å². The average molecular weight is 535 g/mol. The van der Waals surface area contributed by atoms with Gasteiger partial charge in [-0.1, -0.05) is 45.1 Å². The third-order valence-electron chi connectivity index (χ3n) is 8.68. The Morgan fingerprint density at radius 3 is 2.39 bits per heavy atom. The summed E-state index contributed by atoms with van der Waals surface area (Å²) in [5.74, 6) is -2.39. The molecule has 1 saturated heterocycles. The normalized spacial score (nSPS) is 38.4. The molecule has 1 heterocycles. The van der Waals surface area contributed by atoms with Crippen molar-refractivity contribution in [1.29, 1.82) is 0 Å². The summed E-state index contributed by atoms with van der Waals surface area (Å²) < 4.78 is 29.3. The SMILES string of the molecule is C=C/C(C)=C\C[C@]1(C)[C@H]2C[C@H](OC)C=C3[C@H](OC(=O)CCC)O[C@H](OC(C)=O)[C@@]32[C@H](OC(C)=O)[C@@H](O)[C@@H]1C. The van der Waals surface area contributed by atoms with Gasteiger partial charge in [0.1, 0.15) is 11.5 Å². The van der Waals surface area contributed by atoms with Gasteiger partial charge in [-0.05, 0) is 49.5 Å². The molecular formula is C29H42O9. The van der Waals surface area contributed by atoms with E-state index in [0.29, 0.717) is 24.8 Å². The van der Waals surface area contributed by atoms with Gasteiger partial charge in [0.05, 0.1) is 12.2 Å². The van der Waals surface area contributed by atoms with Gasteiger partial charge in [-0.25, -0.2) is 0 Å². The second kappa shape index (κ2) is 11.7. The molecule has 38 heavy (non-hydrogen) atoms. The molecule has 0 radical (unpaired) electrons. The minimum atomic E-state index is -1.32. The van der Waals surface area contributed by atoms with Gasteiger partial charge in [-0.2, -0.15) is 0 Å². The molecule has 1 spiro atoms. The number of methoxy groups -OCH3 is 1. The number of carbonyl (C=O) groups is 3. The monoisotopic (exact) mass is 534 g/mol. The second-order valence-electron chi connectivity index (χ2n) is 10.9. The number of hydrogen-bond donors (Lipinski definition) is 1. The quantitative estimate of drug-likeness (QED) is 0.203. The molecule has 0 amide bonds. The lowest BCUT2D eigenvalue weighted by Gasteiger charge is -2.62. The van der Waals surface area contributed by atoms with E-state index >= 15 is 0 Å². The van der Waals surface area contributed by atoms with Crippen LogP contribution in [0, 0.1) is 22.7 Å². The fraction of sp³-hybridized carbons (Fsp3) is 0.690. The van der Waals surface area contributed by atoms with E-state index in [2.05, 4.69) is 19.6 Å². The predicted octanol–water partition coefficient (Wildman–Crippen LogP) is 3.99. The summed E-state index contributed by atoms with van der Waals surface area (Å²) in [6.45, 7) is 14.2. The first-order chi connectivity index (χ1) is 17.9. The van der Waals surface area contributed by atoms with Gasteiger partial charge in [0, 0.05) is 33.0 Å². The van der Waals surface area contributed by atoms with Crippen molar-refractivity contribution >= 4 is 17.9 Å². The van der Waals surface area contributed by atoms with Crippen LogP contribution >= 0.6 is 0 Å². The van der Waals surface area contributed by atoms with Gasteiger partial charge in [0.15, 0.2) is 0 Å². The van der Waals surface area contributed by atoms with Crippen LogP contribution in [0.5, 0.6) is 0 Å². The third-order valence-corrected chi connectivity index (χ3v) is 8.68. The topological polar surface area (TPSA) is 118 Å². The predicted molar refractivity (Wildman–Crippen MR) is 138 cm³/mol. The Balaban J connectivity index is 2.31. The summed E-state index contributed by atoms with van der Waals surface area (Å²) in [5, 5.41) is 11.8. The molecule has 0 aromatic heterocycles. The molecule has 9 nitrogen and oxygen atoms in total. The van der Waals surface area contributed by atoms with Crippen LogP contribution in [0.1, 0.15) is 67.2 Å². The summed E-state index contributed by atoms with van der Waals surface area (Å²) >= 11 is 0. The fourth-order valence-electron chi connectivity index (χ4n) is 6.54. The Hall–Kier alpha value is -2.49. The number of hydrogen-bond acceptors (Lipinski definition) is 9. The number of esters is 3. The van der Waals surface area contributed by atoms with Crippen LogP contribution in [-0.4, -0.2) is 61.0 Å². The molecule has 2 aliphatic carbocycles. The average Bonchev–Trinajstić information content (AvgIpc) is 3.15. The zero-order chi connectivity index (χ0) is 28.4. The van der Waals surface area contributed by atoms with Gasteiger partial charge in [0.2, 0.25) is 12.6 Å². The highest BCUT2D eigenvalue weighted by Gasteiger charge is 2.74. The Bertz CT molecular complexity index is 1000. The number of allylic oxidation sites excluding steroid dienone is 3. The summed E-state index contributed by atoms with van der Waals surface area (Å²) in [5.41, 5.74) is -0.463. The van der Waals surface area contributed by atoms with Crippen molar-refractivity contribution < 1.29 is 43.2 Å². The van der Waals surface area contributed by atoms with E-state index in [-0.39, 0.29) is 24.4 Å². The highest BCUT2D eigenvalue weighted by Crippen LogP contribution is 2.67. The fourth-order valence-corrected chi connectivity index (χ4v) is 6.54. The minimum absolute atomic E-state index is 0.173. The third kappa shape index (κ3) is 5.20. The van der Waals surface area contributed by atoms with Crippen LogP contribution < -0.4 is 0 Å². The molecule has 2 fully saturated rings. The molecule has 9 atom stereocenters. The van der Waals surface area contributed by atoms with Crippen molar-refractivity contribution in [3.63, 3.8) is 0 Å². The lowest BCUT2D eigenvalue weighted by molar-refractivity contribution is -0.276. The lowest BCUT2D eigenvalue weighted by atomic mass is 9.44. The van der Waals surface area contributed by atoms with Crippen molar-refractivity contribution in [3.05, 3.63) is 36.0 Å². The van der Waals surface area contributed by atoms with E-state index in [1.54, 1.807) is 19.3 Å². The zero-order valence-electron chi connectivity index (χ0n) is 23.5. The van der Waals surface area contributed by atoms with Crippen molar-refractivity contribution in [3.8, 4) is 0 Å². The molecule has 212 valence electrons. The molecule has 0 aromatic carbocycles. The summed E-state index contributed by atoms with van der Waals surface area (Å²) in [4.78, 5) is 37.3. The standard InChI is InChI=1S/C29H42O9/c1-9-11-23(32)37-26-21-14-20(34-8)15-22-28(7,13-12-16(3)10-2)17(4)24(33)25(35-18(5)30)29(21,22)27(38-26)36-19(6)31/h10,12,14,17,20,22,24-27,33H,2,9,11,13,15H2,1,3-8H3/b16-12-/t17-,20+,22+,24-,25+,26+,27-,28-,29-/m0/s1. The van der Waals surface area contributed by atoms with E-state index in [9.17, 15) is 19.5 Å². The molecule has 3 aliphatic rings. The van der Waals surface area contributed by atoms with E-state index in [4.69, 9.17) is 23.7 Å². The van der Waals surface area contributed by atoms with E-state index in [1.807, 2.05) is 20.8 Å². The summed E-state index contributed by atoms with van der Waals surface area (Å²) in [7, 11) is 1.59. The molecule has 0 unspecified atom stereocenters. The first-order valence-electron chi connectivity index (χ1n) is 13.3. The molecule has 3 rings (SSSR count). The Morgan fingerprint density at radius 1 is 1.18 bits per heavy atom. The van der Waals surface area contributed by atoms with Crippen LogP contribution in [0.4, 0.5) is 0 Å². The number of aliphatic hydroxyl groups excluding tert-OH is 1. The van der Waals surface area contributed by atoms with Crippen molar-refractivity contribution in [2.75, 3.05) is 7.11 Å². The van der Waals surface area contributed by atoms with E-state index in [1.165, 1.54) is 13.8 Å². The number of rotatable bonds is 9. The van der Waals surface area contributed by atoms with Gasteiger partial charge >= 0.3 is 17.9 Å². The molecule has 0 aromatic rings. The largest absolute Gasteiger partial charge is 0.459 e. The van der Waals surface area contributed by atoms with E-state index < -0.39 is 53.5 Å². The molecule has 1 saturated carbocycles. The van der Waals surface area contributed by atoms with Gasteiger partial charge in [0.25, 0.3) is 0 Å². The first-order valence-corrected chi connectivity index (χ1v) is 13.3. The molecular weight excluding hydrogens is 492 g/mol. The maximum absolute atomic E-state index is 12.6. The summed E-state index contributed by atoms with van der Waals surface area (Å²) in [6.07, 6.45) is 2.29. The van der Waals surface area contributed by atoms with Crippen molar-refractivity contribution in [2.45, 2.75) is 98.1 Å². The minimum Gasteiger partial charge on any atom is -0.459 e. The lowest BCUT2D eigenvalue weighted by Crippen LogP contribution is -2.68. The highest BCUT2D eigenvalue weighted by molar-refractivity contribution is 5.70. The van der Waals surface area contributed by atoms with E-state index in [0.717, 1.165) is 5.57 Å². The van der Waals surface area contributed by atoms with Crippen LogP contribution in [0.25, 0.3) is 0 Å². The van der Waals surface area contributed by atoms with Gasteiger partial charge in [-0.3, -0.25) is 19.1 Å². The summed E-state index contributed by atoms with van der Waals surface area (Å²) in [6, 6.07) is 0. The number of aliphatic hydroxyl groups is 1. The smallest absolute Gasteiger partial charge is 0.308 e. The van der Waals surface area contributed by atoms with Crippen LogP contribution in [0.15, 0.2) is 36.0 Å². The maximum atomic E-state index is 12.6. The second-order valence-corrected chi connectivity index (χ2v) is 10.9. The first kappa shape index (κ1) is 30.1. The highest BCUT2D eigenvalue weighted by atomic mass is 16.8. The maximum Gasteiger partial charge on any atom is 0.308 e.